The zero-order valence-electron chi connectivity index (χ0n) is 13.2. The normalized spacial score (nSPS) is 20.7. The van der Waals surface area contributed by atoms with Crippen molar-refractivity contribution in [1.82, 2.24) is 4.98 Å². The van der Waals surface area contributed by atoms with Crippen LogP contribution in [0.2, 0.25) is 0 Å². The van der Waals surface area contributed by atoms with E-state index in [1.54, 1.807) is 12.4 Å². The molecule has 3 nitrogen and oxygen atoms in total. The molecule has 1 aromatic carbocycles. The number of carboxylic acid groups (broad SMARTS) is 1. The molecular formula is C19H21NO2. The number of rotatable bonds is 3. The molecule has 1 heterocycles. The van der Waals surface area contributed by atoms with Crippen molar-refractivity contribution in [3.8, 4) is 11.1 Å². The summed E-state index contributed by atoms with van der Waals surface area (Å²) in [6, 6.07) is 10.4. The van der Waals surface area contributed by atoms with Gasteiger partial charge in [-0.25, -0.2) is 0 Å². The number of benzene rings is 1. The van der Waals surface area contributed by atoms with Gasteiger partial charge in [-0.2, -0.15) is 0 Å². The van der Waals surface area contributed by atoms with Gasteiger partial charge in [-0.3, -0.25) is 9.78 Å². The molecule has 1 N–H and O–H groups in total. The van der Waals surface area contributed by atoms with Crippen molar-refractivity contribution >= 4 is 5.97 Å². The Morgan fingerprint density at radius 2 is 1.86 bits per heavy atom. The van der Waals surface area contributed by atoms with Crippen molar-refractivity contribution < 1.29 is 9.90 Å². The van der Waals surface area contributed by atoms with Gasteiger partial charge in [0.15, 0.2) is 0 Å². The van der Waals surface area contributed by atoms with Crippen LogP contribution in [0.15, 0.2) is 42.7 Å². The van der Waals surface area contributed by atoms with E-state index in [0.717, 1.165) is 23.1 Å². The van der Waals surface area contributed by atoms with E-state index in [1.165, 1.54) is 5.56 Å². The minimum Gasteiger partial charge on any atom is -0.481 e. The van der Waals surface area contributed by atoms with Crippen molar-refractivity contribution in [3.05, 3.63) is 53.9 Å². The van der Waals surface area contributed by atoms with Gasteiger partial charge in [0.1, 0.15) is 0 Å². The van der Waals surface area contributed by atoms with Gasteiger partial charge in [-0.15, -0.1) is 0 Å². The lowest BCUT2D eigenvalue weighted by Crippen LogP contribution is -2.11. The Hall–Kier alpha value is -2.16. The van der Waals surface area contributed by atoms with Crippen LogP contribution in [0.4, 0.5) is 0 Å². The fourth-order valence-corrected chi connectivity index (χ4v) is 2.94. The van der Waals surface area contributed by atoms with Gasteiger partial charge in [0.05, 0.1) is 5.92 Å². The van der Waals surface area contributed by atoms with Crippen LogP contribution < -0.4 is 0 Å². The van der Waals surface area contributed by atoms with E-state index in [2.05, 4.69) is 44.0 Å². The van der Waals surface area contributed by atoms with Crippen LogP contribution in [0.5, 0.6) is 0 Å². The van der Waals surface area contributed by atoms with E-state index in [-0.39, 0.29) is 17.3 Å². The molecule has 0 aliphatic heterocycles. The van der Waals surface area contributed by atoms with Gasteiger partial charge in [0.25, 0.3) is 0 Å². The average Bonchev–Trinajstić information content (AvgIpc) is 3.27. The summed E-state index contributed by atoms with van der Waals surface area (Å²) in [6.45, 7) is 6.57. The van der Waals surface area contributed by atoms with Gasteiger partial charge >= 0.3 is 5.97 Å². The number of hydrogen-bond acceptors (Lipinski definition) is 2. The fraction of sp³-hybridized carbons (Fsp3) is 0.368. The number of aromatic nitrogens is 1. The third kappa shape index (κ3) is 2.76. The average molecular weight is 295 g/mol. The summed E-state index contributed by atoms with van der Waals surface area (Å²) in [6.07, 6.45) is 4.30. The van der Waals surface area contributed by atoms with E-state index in [4.69, 9.17) is 0 Å². The van der Waals surface area contributed by atoms with Crippen LogP contribution in [-0.4, -0.2) is 16.1 Å². The minimum atomic E-state index is -0.689. The Morgan fingerprint density at radius 3 is 2.41 bits per heavy atom. The molecule has 0 amide bonds. The van der Waals surface area contributed by atoms with E-state index in [0.29, 0.717) is 0 Å². The molecule has 0 bridgehead atoms. The lowest BCUT2D eigenvalue weighted by Gasteiger charge is -2.21. The summed E-state index contributed by atoms with van der Waals surface area (Å²) in [5.74, 6) is -0.790. The quantitative estimate of drug-likeness (QED) is 0.921. The highest BCUT2D eigenvalue weighted by Crippen LogP contribution is 2.50. The molecule has 1 aromatic heterocycles. The summed E-state index contributed by atoms with van der Waals surface area (Å²) >= 11 is 0. The van der Waals surface area contributed by atoms with Crippen LogP contribution >= 0.6 is 0 Å². The van der Waals surface area contributed by atoms with Crippen molar-refractivity contribution in [2.75, 3.05) is 0 Å². The summed E-state index contributed by atoms with van der Waals surface area (Å²) in [7, 11) is 0. The van der Waals surface area contributed by atoms with Crippen LogP contribution in [0.25, 0.3) is 11.1 Å². The molecule has 3 rings (SSSR count). The third-order valence-electron chi connectivity index (χ3n) is 4.42. The molecular weight excluding hydrogens is 274 g/mol. The van der Waals surface area contributed by atoms with Crippen molar-refractivity contribution in [1.29, 1.82) is 0 Å². The highest BCUT2D eigenvalue weighted by Gasteiger charge is 2.45. The summed E-state index contributed by atoms with van der Waals surface area (Å²) in [5.41, 5.74) is 4.72. The molecule has 22 heavy (non-hydrogen) atoms. The first-order valence-electron chi connectivity index (χ1n) is 7.65. The first-order chi connectivity index (χ1) is 10.4. The van der Waals surface area contributed by atoms with Gasteiger partial charge in [-0.1, -0.05) is 39.0 Å². The molecule has 0 saturated heterocycles. The number of carboxylic acids is 1. The maximum Gasteiger partial charge on any atom is 0.307 e. The molecule has 1 aliphatic rings. The SMILES string of the molecule is CC(C)(C)c1ccc(C2CC2C(=O)O)c(-c2ccncc2)c1. The monoisotopic (exact) mass is 295 g/mol. The Kier molecular flexibility index (Phi) is 3.51. The second kappa shape index (κ2) is 5.24. The molecule has 0 radical (unpaired) electrons. The summed E-state index contributed by atoms with van der Waals surface area (Å²) < 4.78 is 0. The first kappa shape index (κ1) is 14.8. The predicted octanol–water partition coefficient (Wildman–Crippen LogP) is 4.23. The van der Waals surface area contributed by atoms with E-state index < -0.39 is 5.97 Å². The smallest absolute Gasteiger partial charge is 0.307 e. The lowest BCUT2D eigenvalue weighted by atomic mass is 9.83. The number of hydrogen-bond donors (Lipinski definition) is 1. The maximum absolute atomic E-state index is 11.2. The van der Waals surface area contributed by atoms with Gasteiger partial charge in [0.2, 0.25) is 0 Å². The fourth-order valence-electron chi connectivity index (χ4n) is 2.94. The molecule has 1 aliphatic carbocycles. The number of nitrogens with zero attached hydrogens (tertiary/aromatic N) is 1. The molecule has 3 heteroatoms. The van der Waals surface area contributed by atoms with Gasteiger partial charge in [-0.05, 0) is 52.1 Å². The van der Waals surface area contributed by atoms with E-state index >= 15 is 0 Å². The molecule has 1 saturated carbocycles. The number of pyridine rings is 1. The third-order valence-corrected chi connectivity index (χ3v) is 4.42. The Balaban J connectivity index is 2.09. The number of aliphatic carboxylic acids is 1. The Morgan fingerprint density at radius 1 is 1.18 bits per heavy atom. The van der Waals surface area contributed by atoms with Crippen LogP contribution in [0.3, 0.4) is 0 Å². The first-order valence-corrected chi connectivity index (χ1v) is 7.65. The second-order valence-corrected chi connectivity index (χ2v) is 7.07. The Bertz CT molecular complexity index is 701. The van der Waals surface area contributed by atoms with Crippen LogP contribution in [0.1, 0.15) is 44.2 Å². The topological polar surface area (TPSA) is 50.2 Å². The standard InChI is InChI=1S/C19H21NO2/c1-19(2,3)13-4-5-14(16-11-17(16)18(21)22)15(10-13)12-6-8-20-9-7-12/h4-10,16-17H,11H2,1-3H3,(H,21,22). The minimum absolute atomic E-state index is 0.0655. The molecule has 0 spiro atoms. The van der Waals surface area contributed by atoms with Gasteiger partial charge < -0.3 is 5.11 Å². The largest absolute Gasteiger partial charge is 0.481 e. The van der Waals surface area contributed by atoms with E-state index in [9.17, 15) is 9.90 Å². The van der Waals surface area contributed by atoms with Crippen LogP contribution in [-0.2, 0) is 10.2 Å². The van der Waals surface area contributed by atoms with E-state index in [1.807, 2.05) is 12.1 Å². The number of carbonyl (C=O) groups is 1. The summed E-state index contributed by atoms with van der Waals surface area (Å²) in [4.78, 5) is 15.3. The maximum atomic E-state index is 11.2. The molecule has 2 atom stereocenters. The highest BCUT2D eigenvalue weighted by atomic mass is 16.4. The zero-order valence-corrected chi connectivity index (χ0v) is 13.2. The van der Waals surface area contributed by atoms with Gasteiger partial charge in [0, 0.05) is 12.4 Å². The van der Waals surface area contributed by atoms with Crippen molar-refractivity contribution in [2.24, 2.45) is 5.92 Å². The Labute approximate surface area is 131 Å². The highest BCUT2D eigenvalue weighted by molar-refractivity contribution is 5.78. The van der Waals surface area contributed by atoms with Crippen LogP contribution in [0, 0.1) is 5.92 Å². The predicted molar refractivity (Wildman–Crippen MR) is 86.9 cm³/mol. The second-order valence-electron chi connectivity index (χ2n) is 7.07. The zero-order chi connectivity index (χ0) is 15.9. The lowest BCUT2D eigenvalue weighted by molar-refractivity contribution is -0.138. The molecule has 2 unspecified atom stereocenters. The summed E-state index contributed by atoms with van der Waals surface area (Å²) in [5, 5.41) is 9.22. The van der Waals surface area contributed by atoms with Crippen molar-refractivity contribution in [2.45, 2.75) is 38.5 Å². The molecule has 2 aromatic rings. The molecule has 114 valence electrons. The molecule has 1 fully saturated rings. The van der Waals surface area contributed by atoms with Crippen molar-refractivity contribution in [3.63, 3.8) is 0 Å².